The molecular weight excluding hydrogens is 1000 g/mol. The van der Waals surface area contributed by atoms with Gasteiger partial charge in [0.2, 0.25) is 13.6 Å². The Morgan fingerprint density at radius 2 is 1.25 bits per heavy atom. The van der Waals surface area contributed by atoms with Gasteiger partial charge < -0.3 is 36.3 Å². The summed E-state index contributed by atoms with van der Waals surface area (Å²) in [4.78, 5) is 0. The molecule has 1 N–H and O–H groups in total. The van der Waals surface area contributed by atoms with Crippen LogP contribution in [0.4, 0.5) is 0 Å². The first kappa shape index (κ1) is 54.5. The third kappa shape index (κ3) is 13.7. The van der Waals surface area contributed by atoms with Crippen molar-refractivity contribution in [1.82, 2.24) is 0 Å². The molecule has 0 amide bonds. The average Bonchev–Trinajstić information content (AvgIpc) is 3.83. The SMILES string of the molecule is Cc1cc(C)cc(C)c1.[Ar].[Ar].[Ar].[CH2-][C@H](C(C)C)C([NH-])(c1[c-]cc(C)cc1)c1ccc(OC)cc1.[CH2-]c1ccc2c(c1-c1c(P)ccc3c1OCO3)OCO2.[Ru][I]. The molecule has 2 unspecified atom stereocenters. The molecule has 2 aliphatic heterocycles. The summed E-state index contributed by atoms with van der Waals surface area (Å²) in [5.41, 5.74) is 18.0. The van der Waals surface area contributed by atoms with Crippen molar-refractivity contribution in [3.05, 3.63) is 150 Å². The zero-order chi connectivity index (χ0) is 38.9. The molecule has 7 rings (SSSR count). The molecule has 12 heteroatoms. The third-order valence-electron chi connectivity index (χ3n) is 9.11. The maximum absolute atomic E-state index is 9.20. The molecule has 0 aliphatic carbocycles. The fourth-order valence-corrected chi connectivity index (χ4v) is 6.78. The predicted octanol–water partition coefficient (Wildman–Crippen LogP) is 11.2. The minimum atomic E-state index is -0.922. The van der Waals surface area contributed by atoms with Gasteiger partial charge in [-0.05, 0) is 49.8 Å². The van der Waals surface area contributed by atoms with Gasteiger partial charge in [-0.2, -0.15) is 59.9 Å². The predicted molar refractivity (Wildman–Crippen MR) is 224 cm³/mol. The van der Waals surface area contributed by atoms with E-state index < -0.39 is 5.54 Å². The Bertz CT molecular complexity index is 1870. The van der Waals surface area contributed by atoms with Gasteiger partial charge in [-0.1, -0.05) is 97.0 Å². The summed E-state index contributed by atoms with van der Waals surface area (Å²) in [6, 6.07) is 31.2. The van der Waals surface area contributed by atoms with E-state index in [1.807, 2.05) is 73.7 Å². The molecule has 6 nitrogen and oxygen atoms in total. The van der Waals surface area contributed by atoms with Crippen molar-refractivity contribution in [3.63, 3.8) is 0 Å². The van der Waals surface area contributed by atoms with Crippen molar-refractivity contribution in [2.75, 3.05) is 20.7 Å². The summed E-state index contributed by atoms with van der Waals surface area (Å²) in [7, 11) is 4.36. The Labute approximate surface area is 447 Å². The summed E-state index contributed by atoms with van der Waals surface area (Å²) in [5.74, 6) is 3.91. The zero-order valence-corrected chi connectivity index (χ0v) is 39.6. The number of nitrogens with one attached hydrogen (secondary N) is 1. The molecular formula is C44H48Ar3INO5PRu-4. The monoisotopic (exact) mass is 1050 g/mol. The summed E-state index contributed by atoms with van der Waals surface area (Å²) < 4.78 is 27.4. The van der Waals surface area contributed by atoms with Crippen molar-refractivity contribution >= 4 is 34.3 Å². The molecule has 3 atom stereocenters. The zero-order valence-electron chi connectivity index (χ0n) is 32.5. The van der Waals surface area contributed by atoms with E-state index in [2.05, 4.69) is 117 Å². The molecule has 0 saturated heterocycles. The van der Waals surface area contributed by atoms with E-state index in [0.29, 0.717) is 5.75 Å². The first-order valence-corrected chi connectivity index (χ1v) is 22.9. The standard InChI is InChI=1S/C20H24NO.C15H12O4P.C9H12.3Ar.HI.Ru/c1-14(2)16(4)20(21,17-8-6-15(3)7-9-17)18-10-12-19(22-5)13-11-18;1-8-2-3-9-14(18-6-16-9)12(8)13-11(20)5-4-10-15(13)19-7-17-10;1-7-4-8(2)6-9(3)5-7;;;;;/h6-8,10-14,16,21H,4H2,1-3,5H3;2-5H,1,6-7,20H2;4-6H,1-3H3;;;;1H;/q-3;-1;;;;;;+1/p-1/t16-,20?;;;;;;;/m1......./s1. The van der Waals surface area contributed by atoms with Crippen LogP contribution >= 0.6 is 29.0 Å². The molecule has 56 heavy (non-hydrogen) atoms. The molecule has 2 heterocycles. The van der Waals surface area contributed by atoms with E-state index in [0.717, 1.165) is 61.7 Å². The summed E-state index contributed by atoms with van der Waals surface area (Å²) in [6.07, 6.45) is 0. The molecule has 5 aromatic rings. The van der Waals surface area contributed by atoms with E-state index in [4.69, 9.17) is 23.7 Å². The second-order valence-electron chi connectivity index (χ2n) is 13.4. The Balaban J connectivity index is 0.000000427. The summed E-state index contributed by atoms with van der Waals surface area (Å²) >= 11 is 4.40. The van der Waals surface area contributed by atoms with Gasteiger partial charge in [0.05, 0.1) is 7.11 Å². The van der Waals surface area contributed by atoms with Gasteiger partial charge in [0.25, 0.3) is 0 Å². The van der Waals surface area contributed by atoms with Crippen LogP contribution in [0.2, 0.25) is 0 Å². The number of methoxy groups -OCH3 is 1. The number of aryl methyl sites for hydroxylation is 4. The van der Waals surface area contributed by atoms with Crippen LogP contribution in [0, 0.1) is 173 Å². The van der Waals surface area contributed by atoms with Crippen LogP contribution in [0.5, 0.6) is 28.7 Å². The van der Waals surface area contributed by atoms with Gasteiger partial charge in [0.15, 0.2) is 11.5 Å². The molecule has 0 aromatic heterocycles. The molecule has 5 aromatic carbocycles. The van der Waals surface area contributed by atoms with Crippen LogP contribution in [0.25, 0.3) is 16.9 Å². The number of hydrogen-bond donors (Lipinski definition) is 0. The van der Waals surface area contributed by atoms with Gasteiger partial charge in [-0.15, -0.1) is 14.8 Å². The Kier molecular flexibility index (Phi) is 25.4. The third-order valence-corrected chi connectivity index (χ3v) is 9.59. The van der Waals surface area contributed by atoms with Gasteiger partial charge in [0.1, 0.15) is 17.2 Å². The van der Waals surface area contributed by atoms with Crippen LogP contribution < -0.4 is 29.0 Å². The number of ether oxygens (including phenoxy) is 5. The maximum atomic E-state index is 9.20. The molecule has 2 aliphatic rings. The van der Waals surface area contributed by atoms with Crippen molar-refractivity contribution in [1.29, 1.82) is 0 Å². The van der Waals surface area contributed by atoms with Gasteiger partial charge in [0, 0.05) is 113 Å². The molecule has 0 fully saturated rings. The molecule has 0 spiro atoms. The first-order valence-electron chi connectivity index (χ1n) is 17.2. The van der Waals surface area contributed by atoms with Crippen molar-refractivity contribution in [2.45, 2.75) is 47.1 Å². The fourth-order valence-electron chi connectivity index (χ4n) is 6.41. The second kappa shape index (κ2) is 26.1. The van der Waals surface area contributed by atoms with Crippen molar-refractivity contribution in [3.8, 4) is 39.9 Å². The van der Waals surface area contributed by atoms with Crippen LogP contribution in [0.1, 0.15) is 52.8 Å². The normalized spacial score (nSPS) is 12.9. The van der Waals surface area contributed by atoms with Gasteiger partial charge in [-0.25, -0.2) is 0 Å². The van der Waals surface area contributed by atoms with Crippen molar-refractivity contribution in [2.24, 2.45) is 11.8 Å². The topological polar surface area (TPSA) is 70.0 Å². The second-order valence-corrected chi connectivity index (χ2v) is 14.1. The van der Waals surface area contributed by atoms with Crippen LogP contribution in [-0.4, -0.2) is 20.7 Å². The molecule has 307 valence electrons. The molecule has 0 radical (unpaired) electrons. The number of benzene rings is 5. The number of halogens is 1. The average molecular weight is 1050 g/mol. The van der Waals surface area contributed by atoms with Gasteiger partial charge in [-0.3, -0.25) is 0 Å². The first-order chi connectivity index (χ1) is 25.3. The Hall–Kier alpha value is 0.493. The summed E-state index contributed by atoms with van der Waals surface area (Å²) in [6.45, 7) is 21.5. The summed E-state index contributed by atoms with van der Waals surface area (Å²) in [5, 5.41) is 1.00. The minimum absolute atomic E-state index is 0. The van der Waals surface area contributed by atoms with E-state index in [1.54, 1.807) is 7.11 Å². The van der Waals surface area contributed by atoms with Crippen LogP contribution in [0.15, 0.2) is 84.9 Å². The van der Waals surface area contributed by atoms with Crippen molar-refractivity contribution < 1.29 is 152 Å². The quantitative estimate of drug-likeness (QED) is 0.0733. The van der Waals surface area contributed by atoms with Crippen LogP contribution in [-0.2, 0) is 20.3 Å². The van der Waals surface area contributed by atoms with Crippen LogP contribution in [0.3, 0.4) is 0 Å². The van der Waals surface area contributed by atoms with Gasteiger partial charge >= 0.3 is 34.5 Å². The fraction of sp³-hybridized carbons (Fsp3) is 0.273. The van der Waals surface area contributed by atoms with E-state index in [9.17, 15) is 5.73 Å². The van der Waals surface area contributed by atoms with E-state index in [1.165, 1.54) is 16.7 Å². The van der Waals surface area contributed by atoms with E-state index >= 15 is 0 Å². The number of fused-ring (bicyclic) bond motifs is 2. The number of hydrogen-bond acceptors (Lipinski definition) is 5. The Morgan fingerprint density at radius 3 is 1.71 bits per heavy atom. The molecule has 0 bridgehead atoms. The van der Waals surface area contributed by atoms with E-state index in [-0.39, 0.29) is 139 Å². The molecule has 0 saturated carbocycles. The number of rotatable bonds is 6. The Morgan fingerprint density at radius 1 is 0.750 bits per heavy atom.